The van der Waals surface area contributed by atoms with Crippen LogP contribution in [-0.4, -0.2) is 52.9 Å². The number of carbonyl (C=O) groups is 2. The molecule has 1 saturated heterocycles. The van der Waals surface area contributed by atoms with E-state index >= 15 is 0 Å². The Kier molecular flexibility index (Phi) is 4.80. The first-order valence-corrected chi connectivity index (χ1v) is 8.06. The fourth-order valence-corrected chi connectivity index (χ4v) is 2.80. The molecule has 120 valence electrons. The summed E-state index contributed by atoms with van der Waals surface area (Å²) in [7, 11) is 0. The second-order valence-corrected chi connectivity index (χ2v) is 7.41. The van der Waals surface area contributed by atoms with Crippen molar-refractivity contribution >= 4 is 27.7 Å². The first-order chi connectivity index (χ1) is 10.2. The molecule has 0 aromatic heterocycles. The van der Waals surface area contributed by atoms with Gasteiger partial charge in [0, 0.05) is 36.1 Å². The van der Waals surface area contributed by atoms with Crippen molar-refractivity contribution in [3.8, 4) is 5.75 Å². The van der Waals surface area contributed by atoms with Gasteiger partial charge >= 0.3 is 0 Å². The van der Waals surface area contributed by atoms with Gasteiger partial charge in [0.25, 0.3) is 5.91 Å². The zero-order valence-electron chi connectivity index (χ0n) is 13.1. The highest BCUT2D eigenvalue weighted by Gasteiger charge is 2.31. The number of halogens is 1. The Bertz CT molecular complexity index is 588. The number of aromatic hydroxyl groups is 1. The first kappa shape index (κ1) is 16.8. The van der Waals surface area contributed by atoms with Gasteiger partial charge in [-0.15, -0.1) is 0 Å². The highest BCUT2D eigenvalue weighted by Crippen LogP contribution is 2.24. The molecule has 2 rings (SSSR count). The van der Waals surface area contributed by atoms with Gasteiger partial charge in [-0.25, -0.2) is 0 Å². The Balaban J connectivity index is 2.04. The summed E-state index contributed by atoms with van der Waals surface area (Å²) in [6.07, 6.45) is 0. The van der Waals surface area contributed by atoms with E-state index in [1.165, 1.54) is 6.07 Å². The molecule has 1 aromatic carbocycles. The number of phenols is 1. The van der Waals surface area contributed by atoms with Gasteiger partial charge in [-0.1, -0.05) is 36.7 Å². The number of piperazine rings is 1. The van der Waals surface area contributed by atoms with Crippen LogP contribution in [0.25, 0.3) is 0 Å². The summed E-state index contributed by atoms with van der Waals surface area (Å²) in [5, 5.41) is 9.85. The summed E-state index contributed by atoms with van der Waals surface area (Å²) in [6.45, 7) is 7.69. The molecule has 5 nitrogen and oxygen atoms in total. The molecule has 22 heavy (non-hydrogen) atoms. The molecule has 0 bridgehead atoms. The monoisotopic (exact) mass is 368 g/mol. The summed E-state index contributed by atoms with van der Waals surface area (Å²) < 4.78 is 0.746. The third-order valence-electron chi connectivity index (χ3n) is 3.68. The molecule has 6 heteroatoms. The maximum absolute atomic E-state index is 12.5. The molecule has 0 unspecified atom stereocenters. The van der Waals surface area contributed by atoms with Gasteiger partial charge in [0.05, 0.1) is 5.56 Å². The van der Waals surface area contributed by atoms with Crippen LogP contribution >= 0.6 is 15.9 Å². The summed E-state index contributed by atoms with van der Waals surface area (Å²) in [4.78, 5) is 28.2. The van der Waals surface area contributed by atoms with E-state index in [9.17, 15) is 14.7 Å². The summed E-state index contributed by atoms with van der Waals surface area (Å²) >= 11 is 3.30. The number of phenolic OH excluding ortho intramolecular Hbond substituents is 1. The quantitative estimate of drug-likeness (QED) is 0.828. The lowest BCUT2D eigenvalue weighted by molar-refractivity contribution is -0.140. The largest absolute Gasteiger partial charge is 0.507 e. The van der Waals surface area contributed by atoms with Crippen LogP contribution < -0.4 is 0 Å². The normalized spacial score (nSPS) is 15.8. The number of benzene rings is 1. The number of amides is 2. The average Bonchev–Trinajstić information content (AvgIpc) is 2.47. The minimum atomic E-state index is -0.408. The number of hydrogen-bond donors (Lipinski definition) is 1. The van der Waals surface area contributed by atoms with Gasteiger partial charge in [0.2, 0.25) is 5.91 Å². The third-order valence-corrected chi connectivity index (χ3v) is 4.18. The summed E-state index contributed by atoms with van der Waals surface area (Å²) in [5.41, 5.74) is -0.126. The molecule has 1 aliphatic heterocycles. The summed E-state index contributed by atoms with van der Waals surface area (Å²) in [6, 6.07) is 4.80. The van der Waals surface area contributed by atoms with Crippen molar-refractivity contribution in [3.05, 3.63) is 28.2 Å². The minimum absolute atomic E-state index is 0.0265. The molecule has 0 saturated carbocycles. The van der Waals surface area contributed by atoms with Crippen LogP contribution in [0.2, 0.25) is 0 Å². The first-order valence-electron chi connectivity index (χ1n) is 7.27. The average molecular weight is 369 g/mol. The summed E-state index contributed by atoms with van der Waals surface area (Å²) in [5.74, 6) is -0.132. The van der Waals surface area contributed by atoms with E-state index in [1.807, 2.05) is 20.8 Å². The van der Waals surface area contributed by atoms with Gasteiger partial charge in [0.15, 0.2) is 0 Å². The van der Waals surface area contributed by atoms with E-state index in [-0.39, 0.29) is 23.1 Å². The van der Waals surface area contributed by atoms with Crippen LogP contribution in [0.5, 0.6) is 5.75 Å². The fraction of sp³-hybridized carbons (Fsp3) is 0.500. The van der Waals surface area contributed by atoms with Crippen LogP contribution in [0.3, 0.4) is 0 Å². The minimum Gasteiger partial charge on any atom is -0.507 e. The van der Waals surface area contributed by atoms with Gasteiger partial charge in [0.1, 0.15) is 5.75 Å². The van der Waals surface area contributed by atoms with Crippen LogP contribution in [-0.2, 0) is 4.79 Å². The zero-order chi connectivity index (χ0) is 16.5. The van der Waals surface area contributed by atoms with Gasteiger partial charge in [-0.3, -0.25) is 9.59 Å². The molecule has 0 radical (unpaired) electrons. The Morgan fingerprint density at radius 3 is 2.18 bits per heavy atom. The number of rotatable bonds is 1. The molecule has 1 aliphatic rings. The van der Waals surface area contributed by atoms with Crippen LogP contribution in [0, 0.1) is 5.41 Å². The van der Waals surface area contributed by atoms with E-state index in [0.717, 1.165) is 4.47 Å². The van der Waals surface area contributed by atoms with E-state index < -0.39 is 5.41 Å². The van der Waals surface area contributed by atoms with Crippen molar-refractivity contribution in [1.82, 2.24) is 9.80 Å². The second kappa shape index (κ2) is 6.28. The Labute approximate surface area is 139 Å². The SMILES string of the molecule is CC(C)(C)C(=O)N1CCN(C(=O)c2cc(Br)ccc2O)CC1. The smallest absolute Gasteiger partial charge is 0.257 e. The predicted molar refractivity (Wildman–Crippen MR) is 87.7 cm³/mol. The highest BCUT2D eigenvalue weighted by atomic mass is 79.9. The lowest BCUT2D eigenvalue weighted by Gasteiger charge is -2.37. The van der Waals surface area contributed by atoms with Crippen LogP contribution in [0.15, 0.2) is 22.7 Å². The van der Waals surface area contributed by atoms with Crippen molar-refractivity contribution in [3.63, 3.8) is 0 Å². The Morgan fingerprint density at radius 1 is 1.09 bits per heavy atom. The van der Waals surface area contributed by atoms with Gasteiger partial charge in [-0.2, -0.15) is 0 Å². The van der Waals surface area contributed by atoms with E-state index in [1.54, 1.807) is 21.9 Å². The number of hydrogen-bond acceptors (Lipinski definition) is 3. The standard InChI is InChI=1S/C16H21BrN2O3/c1-16(2,3)15(22)19-8-6-18(7-9-19)14(21)12-10-11(17)4-5-13(12)20/h4-5,10,20H,6-9H2,1-3H3. The van der Waals surface area contributed by atoms with E-state index in [2.05, 4.69) is 15.9 Å². The Morgan fingerprint density at radius 2 is 1.64 bits per heavy atom. The van der Waals surface area contributed by atoms with Crippen molar-refractivity contribution in [2.24, 2.45) is 5.41 Å². The molecule has 2 amide bonds. The lowest BCUT2D eigenvalue weighted by Crippen LogP contribution is -2.53. The van der Waals surface area contributed by atoms with Gasteiger partial charge in [-0.05, 0) is 18.2 Å². The molecule has 0 spiro atoms. The maximum Gasteiger partial charge on any atom is 0.257 e. The Hall–Kier alpha value is -1.56. The number of carbonyl (C=O) groups excluding carboxylic acids is 2. The van der Waals surface area contributed by atoms with E-state index in [0.29, 0.717) is 26.2 Å². The fourth-order valence-electron chi connectivity index (χ4n) is 2.44. The second-order valence-electron chi connectivity index (χ2n) is 6.50. The molecule has 1 fully saturated rings. The van der Waals surface area contributed by atoms with Gasteiger partial charge < -0.3 is 14.9 Å². The highest BCUT2D eigenvalue weighted by molar-refractivity contribution is 9.10. The van der Waals surface area contributed by atoms with Crippen LogP contribution in [0.1, 0.15) is 31.1 Å². The number of nitrogens with zero attached hydrogens (tertiary/aromatic N) is 2. The topological polar surface area (TPSA) is 60.9 Å². The van der Waals surface area contributed by atoms with Crippen LogP contribution in [0.4, 0.5) is 0 Å². The van der Waals surface area contributed by atoms with E-state index in [4.69, 9.17) is 0 Å². The zero-order valence-corrected chi connectivity index (χ0v) is 14.7. The van der Waals surface area contributed by atoms with Crippen molar-refractivity contribution < 1.29 is 14.7 Å². The van der Waals surface area contributed by atoms with Crippen molar-refractivity contribution in [1.29, 1.82) is 0 Å². The molecule has 1 N–H and O–H groups in total. The third kappa shape index (κ3) is 3.61. The lowest BCUT2D eigenvalue weighted by atomic mass is 9.94. The molecule has 1 aromatic rings. The molecular formula is C16H21BrN2O3. The van der Waals surface area contributed by atoms with Crippen molar-refractivity contribution in [2.45, 2.75) is 20.8 Å². The van der Waals surface area contributed by atoms with Crippen molar-refractivity contribution in [2.75, 3.05) is 26.2 Å². The molecule has 0 aliphatic carbocycles. The molecular weight excluding hydrogens is 348 g/mol. The maximum atomic E-state index is 12.5. The predicted octanol–water partition coefficient (Wildman–Crippen LogP) is 2.49. The molecule has 1 heterocycles. The molecule has 0 atom stereocenters.